The number of rotatable bonds is 6. The van der Waals surface area contributed by atoms with E-state index in [2.05, 4.69) is 0 Å². The zero-order valence-electron chi connectivity index (χ0n) is 18.3. The summed E-state index contributed by atoms with van der Waals surface area (Å²) < 4.78 is 46.1. The number of benzene rings is 1. The molecule has 2 unspecified atom stereocenters. The molecule has 3 rings (SSSR count). The molecule has 2 atom stereocenters. The molecule has 2 saturated heterocycles. The number of amides is 1. The summed E-state index contributed by atoms with van der Waals surface area (Å²) in [4.78, 5) is 16.6. The first-order valence-corrected chi connectivity index (χ1v) is 10.8. The third kappa shape index (κ3) is 4.98. The second kappa shape index (κ2) is 9.07. The highest BCUT2D eigenvalue weighted by atomic mass is 19.4. The summed E-state index contributed by atoms with van der Waals surface area (Å²) in [5.74, 6) is 0.625. The van der Waals surface area contributed by atoms with Crippen LogP contribution in [-0.4, -0.2) is 50.2 Å². The number of nitriles is 1. The van der Waals surface area contributed by atoms with Gasteiger partial charge >= 0.3 is 6.18 Å². The van der Waals surface area contributed by atoms with Gasteiger partial charge in [0.2, 0.25) is 5.91 Å². The highest BCUT2D eigenvalue weighted by Gasteiger charge is 2.51. The lowest BCUT2D eigenvalue weighted by molar-refractivity contribution is -0.138. The molecule has 8 heteroatoms. The summed E-state index contributed by atoms with van der Waals surface area (Å²) in [7, 11) is 0. The highest BCUT2D eigenvalue weighted by molar-refractivity contribution is 5.76. The van der Waals surface area contributed by atoms with Crippen LogP contribution in [-0.2, 0) is 15.7 Å². The maximum Gasteiger partial charge on any atom is 0.417 e. The molecule has 2 fully saturated rings. The van der Waals surface area contributed by atoms with Crippen LogP contribution < -0.4 is 4.90 Å². The number of fused-ring (bicyclic) bond motifs is 1. The SMILES string of the molecule is CCOCC12CN(C(=O)CC(C)C)CCC1CN(c1ccc(C#N)c(C(F)(F)F)c1)C2. The third-order valence-electron chi connectivity index (χ3n) is 6.39. The minimum Gasteiger partial charge on any atom is -0.381 e. The van der Waals surface area contributed by atoms with Crippen LogP contribution in [0.15, 0.2) is 18.2 Å². The molecule has 0 bridgehead atoms. The number of alkyl halides is 3. The Morgan fingerprint density at radius 3 is 2.71 bits per heavy atom. The van der Waals surface area contributed by atoms with E-state index in [0.29, 0.717) is 51.5 Å². The molecule has 1 aromatic rings. The smallest absolute Gasteiger partial charge is 0.381 e. The summed E-state index contributed by atoms with van der Waals surface area (Å²) in [6, 6.07) is 5.54. The Kier molecular flexibility index (Phi) is 6.85. The Morgan fingerprint density at radius 1 is 1.35 bits per heavy atom. The number of piperidine rings is 1. The van der Waals surface area contributed by atoms with Crippen LogP contribution in [0, 0.1) is 28.6 Å². The summed E-state index contributed by atoms with van der Waals surface area (Å²) in [5.41, 5.74) is -1.14. The Labute approximate surface area is 181 Å². The number of halogens is 3. The molecule has 0 aliphatic carbocycles. The van der Waals surface area contributed by atoms with Gasteiger partial charge in [0.05, 0.1) is 23.8 Å². The molecule has 0 N–H and O–H groups in total. The standard InChI is InChI=1S/C23H30F3N3O2/c1-4-31-15-22-13-28(21(30)9-16(2)3)8-7-18(22)12-29(14-22)19-6-5-17(11-27)20(10-19)23(24,25)26/h5-6,10,16,18H,4,7-9,12-15H2,1-3H3. The van der Waals surface area contributed by atoms with Gasteiger partial charge in [-0.2, -0.15) is 18.4 Å². The summed E-state index contributed by atoms with van der Waals surface area (Å²) in [6.45, 7) is 9.32. The minimum atomic E-state index is -4.59. The lowest BCUT2D eigenvalue weighted by Crippen LogP contribution is -2.53. The van der Waals surface area contributed by atoms with Crippen molar-refractivity contribution in [3.8, 4) is 6.07 Å². The monoisotopic (exact) mass is 437 g/mol. The van der Waals surface area contributed by atoms with Gasteiger partial charge in [-0.05, 0) is 43.4 Å². The first-order chi connectivity index (χ1) is 14.6. The summed E-state index contributed by atoms with van der Waals surface area (Å²) >= 11 is 0. The van der Waals surface area contributed by atoms with Gasteiger partial charge in [-0.15, -0.1) is 0 Å². The first kappa shape index (κ1) is 23.4. The second-order valence-electron chi connectivity index (χ2n) is 9.12. The molecule has 1 amide bonds. The molecule has 2 aliphatic heterocycles. The van der Waals surface area contributed by atoms with Crippen molar-refractivity contribution in [3.05, 3.63) is 29.3 Å². The molecule has 2 aliphatic rings. The number of carbonyl (C=O) groups excluding carboxylic acids is 1. The molecule has 0 saturated carbocycles. The van der Waals surface area contributed by atoms with Crippen molar-refractivity contribution in [1.82, 2.24) is 4.90 Å². The van der Waals surface area contributed by atoms with Crippen molar-refractivity contribution < 1.29 is 22.7 Å². The van der Waals surface area contributed by atoms with E-state index >= 15 is 0 Å². The zero-order chi connectivity index (χ0) is 22.8. The predicted molar refractivity (Wildman–Crippen MR) is 111 cm³/mol. The van der Waals surface area contributed by atoms with E-state index in [1.807, 2.05) is 30.6 Å². The first-order valence-electron chi connectivity index (χ1n) is 10.8. The minimum absolute atomic E-state index is 0.125. The van der Waals surface area contributed by atoms with Crippen LogP contribution in [0.4, 0.5) is 18.9 Å². The molecule has 170 valence electrons. The van der Waals surface area contributed by atoms with Crippen LogP contribution in [0.2, 0.25) is 0 Å². The van der Waals surface area contributed by atoms with Gasteiger partial charge in [0, 0.05) is 50.3 Å². The average Bonchev–Trinajstić information content (AvgIpc) is 3.09. The maximum absolute atomic E-state index is 13.5. The summed E-state index contributed by atoms with van der Waals surface area (Å²) in [5, 5.41) is 9.07. The quantitative estimate of drug-likeness (QED) is 0.665. The number of nitrogens with zero attached hydrogens (tertiary/aromatic N) is 3. The normalized spacial score (nSPS) is 23.7. The largest absolute Gasteiger partial charge is 0.417 e. The van der Waals surface area contributed by atoms with E-state index in [4.69, 9.17) is 10.00 Å². The van der Waals surface area contributed by atoms with E-state index in [1.165, 1.54) is 6.07 Å². The number of anilines is 1. The van der Waals surface area contributed by atoms with Gasteiger partial charge in [-0.1, -0.05) is 13.8 Å². The van der Waals surface area contributed by atoms with Gasteiger partial charge in [0.1, 0.15) is 0 Å². The Morgan fingerprint density at radius 2 is 2.10 bits per heavy atom. The van der Waals surface area contributed by atoms with E-state index in [9.17, 15) is 18.0 Å². The predicted octanol–water partition coefficient (Wildman–Crippen LogP) is 4.31. The fourth-order valence-electron chi connectivity index (χ4n) is 4.84. The lowest BCUT2D eigenvalue weighted by atomic mass is 9.73. The topological polar surface area (TPSA) is 56.6 Å². The van der Waals surface area contributed by atoms with Gasteiger partial charge in [-0.25, -0.2) is 0 Å². The molecule has 0 spiro atoms. The van der Waals surface area contributed by atoms with Gasteiger partial charge in [-0.3, -0.25) is 4.79 Å². The van der Waals surface area contributed by atoms with Crippen molar-refractivity contribution in [2.45, 2.75) is 39.8 Å². The van der Waals surface area contributed by atoms with Gasteiger partial charge in [0.25, 0.3) is 0 Å². The van der Waals surface area contributed by atoms with Crippen LogP contribution in [0.3, 0.4) is 0 Å². The van der Waals surface area contributed by atoms with Crippen molar-refractivity contribution in [3.63, 3.8) is 0 Å². The van der Waals surface area contributed by atoms with Crippen molar-refractivity contribution in [2.24, 2.45) is 17.3 Å². The van der Waals surface area contributed by atoms with Gasteiger partial charge < -0.3 is 14.5 Å². The lowest BCUT2D eigenvalue weighted by Gasteiger charge is -2.44. The Bertz CT molecular complexity index is 849. The van der Waals surface area contributed by atoms with Crippen LogP contribution in [0.1, 0.15) is 44.7 Å². The van der Waals surface area contributed by atoms with Crippen LogP contribution in [0.25, 0.3) is 0 Å². The maximum atomic E-state index is 13.5. The third-order valence-corrected chi connectivity index (χ3v) is 6.39. The van der Waals surface area contributed by atoms with E-state index in [1.54, 1.807) is 12.1 Å². The van der Waals surface area contributed by atoms with Crippen molar-refractivity contribution >= 4 is 11.6 Å². The molecule has 2 heterocycles. The van der Waals surface area contributed by atoms with E-state index in [-0.39, 0.29) is 28.7 Å². The molecule has 31 heavy (non-hydrogen) atoms. The Hall–Kier alpha value is -2.27. The van der Waals surface area contributed by atoms with Crippen LogP contribution >= 0.6 is 0 Å². The number of likely N-dealkylation sites (tertiary alicyclic amines) is 1. The molecule has 0 radical (unpaired) electrons. The van der Waals surface area contributed by atoms with Gasteiger partial charge in [0.15, 0.2) is 0 Å². The highest BCUT2D eigenvalue weighted by Crippen LogP contribution is 2.45. The molecule has 1 aromatic carbocycles. The van der Waals surface area contributed by atoms with E-state index < -0.39 is 11.7 Å². The molecular formula is C23H30F3N3O2. The number of ether oxygens (including phenoxy) is 1. The van der Waals surface area contributed by atoms with Crippen LogP contribution in [0.5, 0.6) is 0 Å². The van der Waals surface area contributed by atoms with E-state index in [0.717, 1.165) is 12.5 Å². The fourth-order valence-corrected chi connectivity index (χ4v) is 4.84. The Balaban J connectivity index is 1.87. The van der Waals surface area contributed by atoms with Crippen molar-refractivity contribution in [2.75, 3.05) is 44.3 Å². The van der Waals surface area contributed by atoms with Crippen molar-refractivity contribution in [1.29, 1.82) is 5.26 Å². The fraction of sp³-hybridized carbons (Fsp3) is 0.652. The molecule has 0 aromatic heterocycles. The number of hydrogen-bond acceptors (Lipinski definition) is 4. The zero-order valence-corrected chi connectivity index (χ0v) is 18.3. The summed E-state index contributed by atoms with van der Waals surface area (Å²) in [6.07, 6.45) is -3.30. The average molecular weight is 438 g/mol. The molecular weight excluding hydrogens is 407 g/mol. The number of carbonyl (C=O) groups is 1. The number of hydrogen-bond donors (Lipinski definition) is 0. The molecule has 5 nitrogen and oxygen atoms in total. The second-order valence-corrected chi connectivity index (χ2v) is 9.12.